The van der Waals surface area contributed by atoms with Crippen LogP contribution in [0.2, 0.25) is 10.0 Å². The summed E-state index contributed by atoms with van der Waals surface area (Å²) in [6, 6.07) is 10.7. The molecule has 0 aliphatic rings. The topological polar surface area (TPSA) is 81.6 Å². The molecule has 2 heterocycles. The average Bonchev–Trinajstić information content (AvgIpc) is 3.03. The summed E-state index contributed by atoms with van der Waals surface area (Å²) in [5, 5.41) is 13.7. The van der Waals surface area contributed by atoms with Crippen LogP contribution in [0, 0.1) is 11.3 Å². The van der Waals surface area contributed by atoms with Crippen LogP contribution in [0.4, 0.5) is 0 Å². The lowest BCUT2D eigenvalue weighted by molar-refractivity contribution is -0.117. The highest BCUT2D eigenvalue weighted by Crippen LogP contribution is 2.22. The molecule has 0 aliphatic heterocycles. The second kappa shape index (κ2) is 7.39. The van der Waals surface area contributed by atoms with E-state index in [0.717, 1.165) is 16.5 Å². The number of hydrogen-bond donors (Lipinski definition) is 2. The minimum absolute atomic E-state index is 0.00446. The van der Waals surface area contributed by atoms with Crippen molar-refractivity contribution in [2.45, 2.75) is 6.54 Å². The van der Waals surface area contributed by atoms with Crippen LogP contribution in [0.15, 0.2) is 48.3 Å². The molecule has 0 saturated carbocycles. The number of pyridine rings is 1. The minimum Gasteiger partial charge on any atom is -0.347 e. The standard InChI is InChI=1S/C18H12Cl2N4O/c19-15-4-3-11(6-16(15)20)9-24-18(25)12(8-21)7-13-10-23-17-14(13)2-1-5-22-17/h1-7,10H,9H2,(H,22,23)(H,24,25)/b12-7+. The smallest absolute Gasteiger partial charge is 0.262 e. The van der Waals surface area contributed by atoms with Crippen LogP contribution in [-0.4, -0.2) is 15.9 Å². The molecule has 0 atom stereocenters. The molecule has 0 spiro atoms. The number of aromatic amines is 1. The van der Waals surface area contributed by atoms with E-state index in [1.807, 2.05) is 12.1 Å². The number of halogens is 2. The summed E-state index contributed by atoms with van der Waals surface area (Å²) in [5.41, 5.74) is 2.22. The van der Waals surface area contributed by atoms with E-state index < -0.39 is 5.91 Å². The maximum atomic E-state index is 12.3. The van der Waals surface area contributed by atoms with Crippen molar-refractivity contribution in [3.05, 3.63) is 69.5 Å². The van der Waals surface area contributed by atoms with E-state index in [9.17, 15) is 10.1 Å². The highest BCUT2D eigenvalue weighted by Gasteiger charge is 2.11. The van der Waals surface area contributed by atoms with Gasteiger partial charge in [-0.25, -0.2) is 4.98 Å². The molecule has 5 nitrogen and oxygen atoms in total. The molecular weight excluding hydrogens is 359 g/mol. The Morgan fingerprint density at radius 3 is 2.92 bits per heavy atom. The third-order valence-corrected chi connectivity index (χ3v) is 4.32. The number of hydrogen-bond acceptors (Lipinski definition) is 3. The summed E-state index contributed by atoms with van der Waals surface area (Å²) < 4.78 is 0. The van der Waals surface area contributed by atoms with Crippen molar-refractivity contribution in [1.82, 2.24) is 15.3 Å². The number of amides is 1. The van der Waals surface area contributed by atoms with E-state index in [2.05, 4.69) is 15.3 Å². The van der Waals surface area contributed by atoms with Gasteiger partial charge < -0.3 is 10.3 Å². The van der Waals surface area contributed by atoms with Gasteiger partial charge in [-0.05, 0) is 35.9 Å². The lowest BCUT2D eigenvalue weighted by Crippen LogP contribution is -2.23. The summed E-state index contributed by atoms with van der Waals surface area (Å²) in [5.74, 6) is -0.466. The predicted octanol–water partition coefficient (Wildman–Crippen LogP) is 4.09. The number of nitrogens with one attached hydrogen (secondary N) is 2. The number of carbonyl (C=O) groups is 1. The summed E-state index contributed by atoms with van der Waals surface area (Å²) in [4.78, 5) is 19.5. The first-order chi connectivity index (χ1) is 12.1. The lowest BCUT2D eigenvalue weighted by atomic mass is 10.1. The second-order valence-corrected chi connectivity index (χ2v) is 6.06. The number of fused-ring (bicyclic) bond motifs is 1. The number of benzene rings is 1. The van der Waals surface area contributed by atoms with Crippen LogP contribution < -0.4 is 5.32 Å². The van der Waals surface area contributed by atoms with Crippen molar-refractivity contribution in [1.29, 1.82) is 5.26 Å². The van der Waals surface area contributed by atoms with Crippen molar-refractivity contribution in [3.8, 4) is 6.07 Å². The monoisotopic (exact) mass is 370 g/mol. The molecule has 2 aromatic heterocycles. The molecule has 0 unspecified atom stereocenters. The van der Waals surface area contributed by atoms with Gasteiger partial charge in [-0.1, -0.05) is 29.3 Å². The maximum Gasteiger partial charge on any atom is 0.262 e. The van der Waals surface area contributed by atoms with Gasteiger partial charge >= 0.3 is 0 Å². The lowest BCUT2D eigenvalue weighted by Gasteiger charge is -2.05. The Bertz CT molecular complexity index is 1020. The van der Waals surface area contributed by atoms with Crippen molar-refractivity contribution in [3.63, 3.8) is 0 Å². The zero-order valence-electron chi connectivity index (χ0n) is 12.9. The molecule has 1 amide bonds. The van der Waals surface area contributed by atoms with Crippen LogP contribution in [0.3, 0.4) is 0 Å². The quantitative estimate of drug-likeness (QED) is 0.535. The molecule has 0 bridgehead atoms. The first kappa shape index (κ1) is 17.0. The van der Waals surface area contributed by atoms with Gasteiger partial charge in [0.2, 0.25) is 0 Å². The van der Waals surface area contributed by atoms with E-state index in [-0.39, 0.29) is 12.1 Å². The molecule has 0 aliphatic carbocycles. The largest absolute Gasteiger partial charge is 0.347 e. The molecule has 3 aromatic rings. The zero-order valence-corrected chi connectivity index (χ0v) is 14.4. The maximum absolute atomic E-state index is 12.3. The SMILES string of the molecule is N#C/C(=C\c1c[nH]c2ncccc12)C(=O)NCc1ccc(Cl)c(Cl)c1. The van der Waals surface area contributed by atoms with E-state index >= 15 is 0 Å². The summed E-state index contributed by atoms with van der Waals surface area (Å²) >= 11 is 11.8. The van der Waals surface area contributed by atoms with Crippen LogP contribution in [-0.2, 0) is 11.3 Å². The molecule has 0 radical (unpaired) electrons. The number of H-pyrrole nitrogens is 1. The van der Waals surface area contributed by atoms with Gasteiger partial charge in [-0.3, -0.25) is 4.79 Å². The Morgan fingerprint density at radius 2 is 2.16 bits per heavy atom. The zero-order chi connectivity index (χ0) is 17.8. The normalized spacial score (nSPS) is 11.3. The Balaban J connectivity index is 1.77. The molecule has 7 heteroatoms. The number of nitrogens with zero attached hydrogens (tertiary/aromatic N) is 2. The fraction of sp³-hybridized carbons (Fsp3) is 0.0556. The fourth-order valence-electron chi connectivity index (χ4n) is 2.33. The molecule has 2 N–H and O–H groups in total. The Kier molecular flexibility index (Phi) is 5.03. The molecule has 1 aromatic carbocycles. The van der Waals surface area contributed by atoms with Gasteiger partial charge in [0.15, 0.2) is 0 Å². The van der Waals surface area contributed by atoms with Gasteiger partial charge in [0.1, 0.15) is 17.3 Å². The average molecular weight is 371 g/mol. The van der Waals surface area contributed by atoms with Crippen LogP contribution in [0.1, 0.15) is 11.1 Å². The third-order valence-electron chi connectivity index (χ3n) is 3.59. The van der Waals surface area contributed by atoms with Crippen LogP contribution in [0.5, 0.6) is 0 Å². The Labute approximate surface area is 153 Å². The van der Waals surface area contributed by atoms with Gasteiger partial charge in [-0.2, -0.15) is 5.26 Å². The minimum atomic E-state index is -0.466. The van der Waals surface area contributed by atoms with Gasteiger partial charge in [0.25, 0.3) is 5.91 Å². The van der Waals surface area contributed by atoms with Gasteiger partial charge in [-0.15, -0.1) is 0 Å². The predicted molar refractivity (Wildman–Crippen MR) is 98.0 cm³/mol. The summed E-state index contributed by atoms with van der Waals surface area (Å²) in [6.07, 6.45) is 4.91. The number of aromatic nitrogens is 2. The van der Waals surface area contributed by atoms with Crippen molar-refractivity contribution < 1.29 is 4.79 Å². The van der Waals surface area contributed by atoms with E-state index in [1.165, 1.54) is 6.08 Å². The molecule has 3 rings (SSSR count). The van der Waals surface area contributed by atoms with Crippen molar-refractivity contribution >= 4 is 46.2 Å². The van der Waals surface area contributed by atoms with Crippen LogP contribution >= 0.6 is 23.2 Å². The first-order valence-corrected chi connectivity index (χ1v) is 8.10. The van der Waals surface area contributed by atoms with E-state index in [0.29, 0.717) is 15.7 Å². The Morgan fingerprint density at radius 1 is 1.32 bits per heavy atom. The Hall–Kier alpha value is -2.81. The van der Waals surface area contributed by atoms with E-state index in [1.54, 1.807) is 36.7 Å². The molecule has 25 heavy (non-hydrogen) atoms. The second-order valence-electron chi connectivity index (χ2n) is 5.24. The summed E-state index contributed by atoms with van der Waals surface area (Å²) in [6.45, 7) is 0.240. The highest BCUT2D eigenvalue weighted by molar-refractivity contribution is 6.42. The first-order valence-electron chi connectivity index (χ1n) is 7.34. The summed E-state index contributed by atoms with van der Waals surface area (Å²) in [7, 11) is 0. The number of rotatable bonds is 4. The van der Waals surface area contributed by atoms with Crippen molar-refractivity contribution in [2.24, 2.45) is 0 Å². The third kappa shape index (κ3) is 3.82. The van der Waals surface area contributed by atoms with E-state index in [4.69, 9.17) is 23.2 Å². The molecular formula is C18H12Cl2N4O. The molecule has 0 saturated heterocycles. The highest BCUT2D eigenvalue weighted by atomic mass is 35.5. The molecule has 0 fully saturated rings. The number of nitriles is 1. The van der Waals surface area contributed by atoms with Gasteiger partial charge in [0, 0.05) is 29.9 Å². The van der Waals surface area contributed by atoms with Gasteiger partial charge in [0.05, 0.1) is 10.0 Å². The van der Waals surface area contributed by atoms with Crippen LogP contribution in [0.25, 0.3) is 17.1 Å². The fourth-order valence-corrected chi connectivity index (χ4v) is 2.65. The number of carbonyl (C=O) groups excluding carboxylic acids is 1. The van der Waals surface area contributed by atoms with Crippen molar-refractivity contribution in [2.75, 3.05) is 0 Å². The molecule has 124 valence electrons.